The molecular weight excluding hydrogens is 442 g/mol. The van der Waals surface area contributed by atoms with Crippen LogP contribution in [-0.2, 0) is 9.59 Å². The molecule has 0 unspecified atom stereocenters. The van der Waals surface area contributed by atoms with Crippen molar-refractivity contribution < 1.29 is 24.0 Å². The first kappa shape index (κ1) is 22.3. The Morgan fingerprint density at radius 2 is 1.85 bits per heavy atom. The number of benzene rings is 2. The Morgan fingerprint density at radius 1 is 1.12 bits per heavy atom. The molecule has 4 rings (SSSR count). The van der Waals surface area contributed by atoms with Gasteiger partial charge in [0, 0.05) is 29.7 Å². The van der Waals surface area contributed by atoms with E-state index in [-0.39, 0.29) is 11.4 Å². The number of amides is 4. The fraction of sp³-hybridized carbons (Fsp3) is 0.0870. The number of non-ortho nitro benzene ring substituents is 1. The Kier molecular flexibility index (Phi) is 6.08. The topological polar surface area (TPSA) is 136 Å². The van der Waals surface area contributed by atoms with Crippen molar-refractivity contribution in [2.24, 2.45) is 0 Å². The number of urea groups is 1. The van der Waals surface area contributed by atoms with Gasteiger partial charge in [0.05, 0.1) is 17.7 Å². The van der Waals surface area contributed by atoms with Crippen molar-refractivity contribution in [1.29, 1.82) is 0 Å². The van der Waals surface area contributed by atoms with Gasteiger partial charge < -0.3 is 19.9 Å². The molecule has 2 aromatic carbocycles. The second-order valence-electron chi connectivity index (χ2n) is 7.20. The molecular formula is C23H19N5O6. The Morgan fingerprint density at radius 3 is 2.56 bits per heavy atom. The Hall–Kier alpha value is -4.93. The van der Waals surface area contributed by atoms with Gasteiger partial charge in [-0.2, -0.15) is 0 Å². The normalized spacial score (nSPS) is 14.3. The average Bonchev–Trinajstić information content (AvgIpc) is 3.39. The van der Waals surface area contributed by atoms with Gasteiger partial charge in [0.25, 0.3) is 11.6 Å². The lowest BCUT2D eigenvalue weighted by molar-refractivity contribution is -0.384. The number of nitro benzene ring substituents is 1. The number of hydrogen-bond acceptors (Lipinski definition) is 6. The molecule has 34 heavy (non-hydrogen) atoms. The molecule has 0 bridgehead atoms. The zero-order valence-electron chi connectivity index (χ0n) is 17.9. The number of ether oxygens (including phenoxy) is 1. The maximum absolute atomic E-state index is 12.8. The van der Waals surface area contributed by atoms with Crippen LogP contribution in [0.15, 0.2) is 72.6 Å². The Labute approximate surface area is 193 Å². The molecule has 1 saturated heterocycles. The summed E-state index contributed by atoms with van der Waals surface area (Å²) >= 11 is 0. The van der Waals surface area contributed by atoms with E-state index >= 15 is 0 Å². The van der Waals surface area contributed by atoms with E-state index in [1.54, 1.807) is 59.3 Å². The second kappa shape index (κ2) is 9.28. The molecule has 11 heteroatoms. The van der Waals surface area contributed by atoms with Crippen molar-refractivity contribution in [1.82, 2.24) is 14.8 Å². The molecule has 0 spiro atoms. The molecule has 0 radical (unpaired) electrons. The SMILES string of the molecule is COc1ccccc1NC(=O)CN1C(=O)N/C(=C/c2cccn2-c2ccc([N+](=O)[O-])cc2)C1=O. The predicted molar refractivity (Wildman–Crippen MR) is 122 cm³/mol. The third kappa shape index (κ3) is 4.48. The number of rotatable bonds is 7. The monoisotopic (exact) mass is 461 g/mol. The summed E-state index contributed by atoms with van der Waals surface area (Å²) in [6.45, 7) is -0.483. The molecule has 1 aromatic heterocycles. The zero-order chi connectivity index (χ0) is 24.2. The number of nitrogens with zero attached hydrogens (tertiary/aromatic N) is 3. The molecule has 4 amide bonds. The highest BCUT2D eigenvalue weighted by atomic mass is 16.6. The maximum atomic E-state index is 12.8. The van der Waals surface area contributed by atoms with Crippen molar-refractivity contribution in [2.75, 3.05) is 19.0 Å². The van der Waals surface area contributed by atoms with Crippen LogP contribution < -0.4 is 15.4 Å². The summed E-state index contributed by atoms with van der Waals surface area (Å²) in [6, 6.07) is 15.4. The highest BCUT2D eigenvalue weighted by Crippen LogP contribution is 2.24. The maximum Gasteiger partial charge on any atom is 0.329 e. The van der Waals surface area contributed by atoms with Crippen LogP contribution >= 0.6 is 0 Å². The van der Waals surface area contributed by atoms with Gasteiger partial charge in [-0.3, -0.25) is 19.7 Å². The third-order valence-electron chi connectivity index (χ3n) is 5.06. The lowest BCUT2D eigenvalue weighted by Gasteiger charge is -2.13. The fourth-order valence-corrected chi connectivity index (χ4v) is 3.43. The number of aromatic nitrogens is 1. The first-order chi connectivity index (χ1) is 16.4. The van der Waals surface area contributed by atoms with Gasteiger partial charge in [-0.15, -0.1) is 0 Å². The van der Waals surface area contributed by atoms with Crippen molar-refractivity contribution in [3.63, 3.8) is 0 Å². The molecule has 0 saturated carbocycles. The van der Waals surface area contributed by atoms with E-state index < -0.39 is 29.3 Å². The van der Waals surface area contributed by atoms with Crippen molar-refractivity contribution in [3.8, 4) is 11.4 Å². The van der Waals surface area contributed by atoms with Crippen LogP contribution in [0, 0.1) is 10.1 Å². The van der Waals surface area contributed by atoms with Crippen LogP contribution in [-0.4, -0.2) is 45.9 Å². The molecule has 1 aliphatic heterocycles. The Balaban J connectivity index is 1.50. The molecule has 0 aliphatic carbocycles. The van der Waals surface area contributed by atoms with E-state index in [9.17, 15) is 24.5 Å². The summed E-state index contributed by atoms with van der Waals surface area (Å²) < 4.78 is 6.88. The van der Waals surface area contributed by atoms with Gasteiger partial charge >= 0.3 is 6.03 Å². The minimum Gasteiger partial charge on any atom is -0.495 e. The number of carbonyl (C=O) groups is 3. The van der Waals surface area contributed by atoms with E-state index in [0.29, 0.717) is 22.8 Å². The second-order valence-corrected chi connectivity index (χ2v) is 7.20. The van der Waals surface area contributed by atoms with Crippen LogP contribution in [0.2, 0.25) is 0 Å². The van der Waals surface area contributed by atoms with E-state index in [0.717, 1.165) is 4.90 Å². The van der Waals surface area contributed by atoms with Crippen LogP contribution in [0.3, 0.4) is 0 Å². The first-order valence-corrected chi connectivity index (χ1v) is 10.1. The molecule has 3 aromatic rings. The molecule has 1 aliphatic rings. The standard InChI is InChI=1S/C23H19N5O6/c1-34-20-7-3-2-6-18(20)24-21(29)14-27-22(30)19(25-23(27)31)13-17-5-4-12-26(17)15-8-10-16(11-9-15)28(32)33/h2-13H,14H2,1H3,(H,24,29)(H,25,31)/b19-13+. The molecule has 11 nitrogen and oxygen atoms in total. The summed E-state index contributed by atoms with van der Waals surface area (Å²) in [4.78, 5) is 48.8. The summed E-state index contributed by atoms with van der Waals surface area (Å²) in [6.07, 6.45) is 3.19. The summed E-state index contributed by atoms with van der Waals surface area (Å²) in [7, 11) is 1.46. The van der Waals surface area contributed by atoms with Crippen LogP contribution in [0.25, 0.3) is 11.8 Å². The summed E-state index contributed by atoms with van der Waals surface area (Å²) in [5.74, 6) is -0.777. The van der Waals surface area contributed by atoms with Gasteiger partial charge in [-0.05, 0) is 42.5 Å². The zero-order valence-corrected chi connectivity index (χ0v) is 17.9. The number of carbonyl (C=O) groups excluding carboxylic acids is 3. The highest BCUT2D eigenvalue weighted by Gasteiger charge is 2.35. The summed E-state index contributed by atoms with van der Waals surface area (Å²) in [5, 5.41) is 16.0. The number of anilines is 1. The lowest BCUT2D eigenvalue weighted by atomic mass is 10.2. The van der Waals surface area contributed by atoms with E-state index in [2.05, 4.69) is 10.6 Å². The average molecular weight is 461 g/mol. The van der Waals surface area contributed by atoms with Gasteiger partial charge in [-0.25, -0.2) is 9.69 Å². The number of nitrogens with one attached hydrogen (secondary N) is 2. The molecule has 2 heterocycles. The Bertz CT molecular complexity index is 1310. The van der Waals surface area contributed by atoms with Gasteiger partial charge in [0.2, 0.25) is 5.91 Å². The van der Waals surface area contributed by atoms with Crippen molar-refractivity contribution >= 4 is 35.3 Å². The smallest absolute Gasteiger partial charge is 0.329 e. The number of methoxy groups -OCH3 is 1. The predicted octanol–water partition coefficient (Wildman–Crippen LogP) is 2.93. The number of para-hydroxylation sites is 2. The van der Waals surface area contributed by atoms with Crippen molar-refractivity contribution in [2.45, 2.75) is 0 Å². The van der Waals surface area contributed by atoms with Gasteiger partial charge in [-0.1, -0.05) is 12.1 Å². The number of imide groups is 1. The van der Waals surface area contributed by atoms with Gasteiger partial charge in [0.1, 0.15) is 18.0 Å². The molecule has 2 N–H and O–H groups in total. The third-order valence-corrected chi connectivity index (χ3v) is 5.06. The van der Waals surface area contributed by atoms with E-state index in [1.807, 2.05) is 0 Å². The van der Waals surface area contributed by atoms with E-state index in [4.69, 9.17) is 4.74 Å². The molecule has 172 valence electrons. The minimum absolute atomic E-state index is 0.00282. The largest absolute Gasteiger partial charge is 0.495 e. The quantitative estimate of drug-likeness (QED) is 0.240. The molecule has 0 atom stereocenters. The fourth-order valence-electron chi connectivity index (χ4n) is 3.43. The van der Waals surface area contributed by atoms with Crippen LogP contribution in [0.4, 0.5) is 16.2 Å². The summed E-state index contributed by atoms with van der Waals surface area (Å²) in [5.41, 5.74) is 1.55. The minimum atomic E-state index is -0.722. The van der Waals surface area contributed by atoms with Gasteiger partial charge in [0.15, 0.2) is 0 Å². The first-order valence-electron chi connectivity index (χ1n) is 10.1. The van der Waals surface area contributed by atoms with Crippen LogP contribution in [0.1, 0.15) is 5.69 Å². The van der Waals surface area contributed by atoms with Crippen molar-refractivity contribution in [3.05, 3.63) is 88.4 Å². The van der Waals surface area contributed by atoms with E-state index in [1.165, 1.54) is 25.3 Å². The molecule has 1 fully saturated rings. The number of hydrogen-bond donors (Lipinski definition) is 2. The van der Waals surface area contributed by atoms with Crippen LogP contribution in [0.5, 0.6) is 5.75 Å². The lowest BCUT2D eigenvalue weighted by Crippen LogP contribution is -2.38. The number of nitro groups is 1. The highest BCUT2D eigenvalue weighted by molar-refractivity contribution is 6.16.